The Morgan fingerprint density at radius 2 is 1.95 bits per heavy atom. The summed E-state index contributed by atoms with van der Waals surface area (Å²) in [6, 6.07) is 9.43. The molecule has 0 aliphatic heterocycles. The first-order valence-corrected chi connectivity index (χ1v) is 6.78. The SMILES string of the molecule is O=C(Oc1ccc2ccc(=O)oc2c1)c1cncc(Br)c1. The van der Waals surface area contributed by atoms with Crippen molar-refractivity contribution in [2.24, 2.45) is 0 Å². The second kappa shape index (κ2) is 5.49. The summed E-state index contributed by atoms with van der Waals surface area (Å²) in [7, 11) is 0. The Labute approximate surface area is 127 Å². The van der Waals surface area contributed by atoms with E-state index in [4.69, 9.17) is 9.15 Å². The van der Waals surface area contributed by atoms with Crippen LogP contribution in [0, 0.1) is 0 Å². The van der Waals surface area contributed by atoms with E-state index in [0.717, 1.165) is 5.39 Å². The summed E-state index contributed by atoms with van der Waals surface area (Å²) in [4.78, 5) is 27.1. The normalized spacial score (nSPS) is 10.5. The van der Waals surface area contributed by atoms with E-state index in [1.165, 1.54) is 18.3 Å². The molecular weight excluding hydrogens is 338 g/mol. The Morgan fingerprint density at radius 1 is 1.14 bits per heavy atom. The molecule has 5 nitrogen and oxygen atoms in total. The number of esters is 1. The van der Waals surface area contributed by atoms with Gasteiger partial charge in [0.25, 0.3) is 0 Å². The number of aromatic nitrogens is 1. The summed E-state index contributed by atoms with van der Waals surface area (Å²) in [6.07, 6.45) is 2.98. The number of ether oxygens (including phenoxy) is 1. The third kappa shape index (κ3) is 3.00. The van der Waals surface area contributed by atoms with Crippen LogP contribution in [-0.4, -0.2) is 11.0 Å². The number of pyridine rings is 1. The molecule has 3 aromatic rings. The van der Waals surface area contributed by atoms with Crippen LogP contribution in [0.3, 0.4) is 0 Å². The molecule has 6 heteroatoms. The van der Waals surface area contributed by atoms with Crippen LogP contribution in [0.2, 0.25) is 0 Å². The molecule has 0 saturated carbocycles. The van der Waals surface area contributed by atoms with Gasteiger partial charge in [0.2, 0.25) is 0 Å². The number of nitrogens with zero attached hydrogens (tertiary/aromatic N) is 1. The Bertz CT molecular complexity index is 888. The van der Waals surface area contributed by atoms with Gasteiger partial charge >= 0.3 is 11.6 Å². The number of halogens is 1. The zero-order valence-electron chi connectivity index (χ0n) is 10.6. The molecule has 0 atom stereocenters. The minimum absolute atomic E-state index is 0.293. The van der Waals surface area contributed by atoms with Crippen LogP contribution in [0.1, 0.15) is 10.4 Å². The summed E-state index contributed by atoms with van der Waals surface area (Å²) in [5.74, 6) is -0.247. The summed E-state index contributed by atoms with van der Waals surface area (Å²) < 4.78 is 11.0. The maximum absolute atomic E-state index is 12.0. The van der Waals surface area contributed by atoms with Gasteiger partial charge in [0, 0.05) is 34.4 Å². The first kappa shape index (κ1) is 13.5. The number of carbonyl (C=O) groups is 1. The highest BCUT2D eigenvalue weighted by Crippen LogP contribution is 2.20. The smallest absolute Gasteiger partial charge is 0.345 e. The van der Waals surface area contributed by atoms with Crippen molar-refractivity contribution < 1.29 is 13.9 Å². The second-order valence-corrected chi connectivity index (χ2v) is 5.15. The van der Waals surface area contributed by atoms with Crippen LogP contribution < -0.4 is 10.4 Å². The van der Waals surface area contributed by atoms with E-state index in [9.17, 15) is 9.59 Å². The number of carbonyl (C=O) groups excluding carboxylic acids is 1. The van der Waals surface area contributed by atoms with E-state index >= 15 is 0 Å². The van der Waals surface area contributed by atoms with Gasteiger partial charge in [-0.2, -0.15) is 0 Å². The van der Waals surface area contributed by atoms with E-state index in [1.807, 2.05) is 0 Å². The predicted molar refractivity (Wildman–Crippen MR) is 79.4 cm³/mol. The molecule has 21 heavy (non-hydrogen) atoms. The molecule has 2 heterocycles. The molecule has 0 radical (unpaired) electrons. The van der Waals surface area contributed by atoms with E-state index in [-0.39, 0.29) is 0 Å². The van der Waals surface area contributed by atoms with Gasteiger partial charge in [-0.05, 0) is 40.2 Å². The number of fused-ring (bicyclic) bond motifs is 1. The van der Waals surface area contributed by atoms with E-state index in [2.05, 4.69) is 20.9 Å². The first-order valence-electron chi connectivity index (χ1n) is 5.98. The van der Waals surface area contributed by atoms with Gasteiger partial charge in [0.05, 0.1) is 5.56 Å². The Hall–Kier alpha value is -2.47. The van der Waals surface area contributed by atoms with E-state index in [0.29, 0.717) is 21.4 Å². The molecular formula is C15H8BrNO4. The van der Waals surface area contributed by atoms with Crippen molar-refractivity contribution >= 4 is 32.9 Å². The molecule has 1 aromatic carbocycles. The van der Waals surface area contributed by atoms with Gasteiger partial charge in [-0.1, -0.05) is 0 Å². The molecule has 2 aromatic heterocycles. The van der Waals surface area contributed by atoms with E-state index in [1.54, 1.807) is 30.5 Å². The largest absolute Gasteiger partial charge is 0.423 e. The maximum atomic E-state index is 12.0. The fourth-order valence-electron chi connectivity index (χ4n) is 1.79. The quantitative estimate of drug-likeness (QED) is 0.405. The van der Waals surface area contributed by atoms with Crippen LogP contribution in [0.5, 0.6) is 5.75 Å². The van der Waals surface area contributed by atoms with Crippen molar-refractivity contribution in [3.8, 4) is 5.75 Å². The highest BCUT2D eigenvalue weighted by molar-refractivity contribution is 9.10. The zero-order valence-corrected chi connectivity index (χ0v) is 12.2. The minimum atomic E-state index is -0.540. The van der Waals surface area contributed by atoms with Crippen molar-refractivity contribution in [2.45, 2.75) is 0 Å². The third-order valence-electron chi connectivity index (χ3n) is 2.75. The third-order valence-corrected chi connectivity index (χ3v) is 3.18. The number of benzene rings is 1. The van der Waals surface area contributed by atoms with Gasteiger partial charge < -0.3 is 9.15 Å². The van der Waals surface area contributed by atoms with Gasteiger partial charge in [-0.15, -0.1) is 0 Å². The molecule has 0 aliphatic rings. The Morgan fingerprint density at radius 3 is 2.76 bits per heavy atom. The van der Waals surface area contributed by atoms with Gasteiger partial charge in [-0.3, -0.25) is 4.98 Å². The lowest BCUT2D eigenvalue weighted by molar-refractivity contribution is 0.0734. The van der Waals surface area contributed by atoms with Gasteiger partial charge in [0.15, 0.2) is 0 Å². The fraction of sp³-hybridized carbons (Fsp3) is 0. The Balaban J connectivity index is 1.91. The van der Waals surface area contributed by atoms with Crippen molar-refractivity contribution in [3.05, 3.63) is 69.2 Å². The fourth-order valence-corrected chi connectivity index (χ4v) is 2.16. The number of hydrogen-bond acceptors (Lipinski definition) is 5. The topological polar surface area (TPSA) is 69.4 Å². The molecule has 0 amide bonds. The zero-order chi connectivity index (χ0) is 14.8. The van der Waals surface area contributed by atoms with Gasteiger partial charge in [-0.25, -0.2) is 9.59 Å². The molecule has 3 rings (SSSR count). The minimum Gasteiger partial charge on any atom is -0.423 e. The molecule has 0 saturated heterocycles. The lowest BCUT2D eigenvalue weighted by atomic mass is 10.2. The summed E-state index contributed by atoms with van der Waals surface area (Å²) in [5.41, 5.74) is 0.223. The first-order chi connectivity index (χ1) is 10.1. The van der Waals surface area contributed by atoms with Crippen molar-refractivity contribution in [1.82, 2.24) is 4.98 Å². The molecule has 0 fully saturated rings. The van der Waals surface area contributed by atoms with Crippen LogP contribution in [-0.2, 0) is 0 Å². The Kier molecular flexibility index (Phi) is 3.53. The molecule has 104 valence electrons. The lowest BCUT2D eigenvalue weighted by Gasteiger charge is -2.05. The maximum Gasteiger partial charge on any atom is 0.345 e. The predicted octanol–water partition coefficient (Wildman–Crippen LogP) is 3.17. The molecule has 0 unspecified atom stereocenters. The van der Waals surface area contributed by atoms with Crippen molar-refractivity contribution in [1.29, 1.82) is 0 Å². The summed E-state index contributed by atoms with van der Waals surface area (Å²) in [5, 5.41) is 0.749. The highest BCUT2D eigenvalue weighted by atomic mass is 79.9. The molecule has 0 N–H and O–H groups in total. The average molecular weight is 346 g/mol. The van der Waals surface area contributed by atoms with Gasteiger partial charge in [0.1, 0.15) is 11.3 Å². The summed E-state index contributed by atoms with van der Waals surface area (Å²) in [6.45, 7) is 0. The summed E-state index contributed by atoms with van der Waals surface area (Å²) >= 11 is 3.24. The van der Waals surface area contributed by atoms with E-state index < -0.39 is 11.6 Å². The van der Waals surface area contributed by atoms with Crippen LogP contribution in [0.4, 0.5) is 0 Å². The number of rotatable bonds is 2. The standard InChI is InChI=1S/C15H8BrNO4/c16-11-5-10(7-17-8-11)15(19)20-12-3-1-9-2-4-14(18)21-13(9)6-12/h1-8H. The van der Waals surface area contributed by atoms with Crippen molar-refractivity contribution in [3.63, 3.8) is 0 Å². The lowest BCUT2D eigenvalue weighted by Crippen LogP contribution is -2.08. The second-order valence-electron chi connectivity index (χ2n) is 4.24. The molecule has 0 aliphatic carbocycles. The van der Waals surface area contributed by atoms with Crippen LogP contribution >= 0.6 is 15.9 Å². The highest BCUT2D eigenvalue weighted by Gasteiger charge is 2.10. The molecule has 0 bridgehead atoms. The van der Waals surface area contributed by atoms with Crippen LogP contribution in [0.25, 0.3) is 11.0 Å². The van der Waals surface area contributed by atoms with Crippen molar-refractivity contribution in [2.75, 3.05) is 0 Å². The monoisotopic (exact) mass is 345 g/mol. The average Bonchev–Trinajstić information content (AvgIpc) is 2.46. The van der Waals surface area contributed by atoms with Crippen LogP contribution in [0.15, 0.2) is 62.5 Å². The number of hydrogen-bond donors (Lipinski definition) is 0. The molecule has 0 spiro atoms.